The Morgan fingerprint density at radius 1 is 1.30 bits per heavy atom. The number of carbonyl (C=O) groups excluding carboxylic acids is 1. The molecule has 1 N–H and O–H groups in total. The molecule has 1 aromatic carbocycles. The normalized spacial score (nSPS) is 15.2. The number of hydrogen-bond donors (Lipinski definition) is 1. The van der Waals surface area contributed by atoms with Crippen LogP contribution in [-0.2, 0) is 24.2 Å². The van der Waals surface area contributed by atoms with Crippen LogP contribution in [0.2, 0.25) is 0 Å². The second-order valence-electron chi connectivity index (χ2n) is 6.96. The minimum absolute atomic E-state index is 0.00654. The summed E-state index contributed by atoms with van der Waals surface area (Å²) in [7, 11) is 0. The summed E-state index contributed by atoms with van der Waals surface area (Å²) in [5, 5.41) is 12.8. The maximum absolute atomic E-state index is 13.2. The van der Waals surface area contributed by atoms with Gasteiger partial charge in [0.05, 0.1) is 16.3 Å². The third-order valence-corrected chi connectivity index (χ3v) is 7.48. The lowest BCUT2D eigenvalue weighted by Gasteiger charge is -2.13. The van der Waals surface area contributed by atoms with Gasteiger partial charge in [0.2, 0.25) is 11.0 Å². The highest BCUT2D eigenvalue weighted by Crippen LogP contribution is 2.34. The largest absolute Gasteiger partial charge is 0.300 e. The van der Waals surface area contributed by atoms with Crippen LogP contribution in [0.3, 0.4) is 0 Å². The van der Waals surface area contributed by atoms with Gasteiger partial charge in [-0.2, -0.15) is 0 Å². The molecular weight excluding hydrogens is 438 g/mol. The lowest BCUT2D eigenvalue weighted by molar-refractivity contribution is -0.113. The summed E-state index contributed by atoms with van der Waals surface area (Å²) in [6, 6.07) is 10.1. The van der Waals surface area contributed by atoms with Crippen molar-refractivity contribution >= 4 is 45.9 Å². The van der Waals surface area contributed by atoms with Gasteiger partial charge in [-0.3, -0.25) is 19.5 Å². The van der Waals surface area contributed by atoms with Gasteiger partial charge in [-0.05, 0) is 18.9 Å². The van der Waals surface area contributed by atoms with E-state index in [2.05, 4.69) is 22.4 Å². The minimum atomic E-state index is -0.191. The van der Waals surface area contributed by atoms with Gasteiger partial charge in [0, 0.05) is 18.2 Å². The van der Waals surface area contributed by atoms with Gasteiger partial charge in [0.1, 0.15) is 5.01 Å². The summed E-state index contributed by atoms with van der Waals surface area (Å²) >= 11 is 4.21. The molecule has 1 amide bonds. The van der Waals surface area contributed by atoms with E-state index in [9.17, 15) is 9.59 Å². The number of aromatic nitrogens is 4. The Labute approximate surface area is 186 Å². The van der Waals surface area contributed by atoms with E-state index in [1.165, 1.54) is 23.1 Å². The van der Waals surface area contributed by atoms with Crippen LogP contribution in [0, 0.1) is 6.92 Å². The number of benzene rings is 1. The predicted octanol–water partition coefficient (Wildman–Crippen LogP) is 3.41. The Morgan fingerprint density at radius 3 is 2.83 bits per heavy atom. The van der Waals surface area contributed by atoms with Gasteiger partial charge in [0.15, 0.2) is 5.16 Å². The molecule has 0 unspecified atom stereocenters. The van der Waals surface area contributed by atoms with E-state index < -0.39 is 0 Å². The molecule has 156 valence electrons. The highest BCUT2D eigenvalue weighted by Gasteiger charge is 2.26. The van der Waals surface area contributed by atoms with Crippen molar-refractivity contribution in [2.75, 3.05) is 11.1 Å². The van der Waals surface area contributed by atoms with Gasteiger partial charge in [-0.1, -0.05) is 60.4 Å². The van der Waals surface area contributed by atoms with Crippen LogP contribution >= 0.6 is 34.9 Å². The van der Waals surface area contributed by atoms with Crippen molar-refractivity contribution in [1.82, 2.24) is 19.7 Å². The van der Waals surface area contributed by atoms with Crippen molar-refractivity contribution in [1.29, 1.82) is 0 Å². The molecule has 1 aliphatic rings. The zero-order valence-corrected chi connectivity index (χ0v) is 19.1. The fourth-order valence-corrected chi connectivity index (χ4v) is 5.72. The third-order valence-electron chi connectivity index (χ3n) is 4.53. The van der Waals surface area contributed by atoms with Crippen molar-refractivity contribution in [3.05, 3.63) is 57.0 Å². The number of nitrogens with one attached hydrogen (secondary N) is 1. The van der Waals surface area contributed by atoms with Gasteiger partial charge < -0.3 is 0 Å². The number of anilines is 1. The number of hydrogen-bond acceptors (Lipinski definition) is 8. The number of amides is 1. The predicted molar refractivity (Wildman–Crippen MR) is 122 cm³/mol. The molecule has 1 aliphatic heterocycles. The molecule has 0 bridgehead atoms. The summed E-state index contributed by atoms with van der Waals surface area (Å²) < 4.78 is 1.71. The van der Waals surface area contributed by atoms with Crippen molar-refractivity contribution < 1.29 is 4.79 Å². The van der Waals surface area contributed by atoms with Crippen LogP contribution in [0.5, 0.6) is 0 Å². The molecule has 0 radical (unpaired) electrons. The smallest absolute Gasteiger partial charge is 0.268 e. The molecule has 0 fully saturated rings. The first-order valence-electron chi connectivity index (χ1n) is 9.56. The van der Waals surface area contributed by atoms with Gasteiger partial charge in [-0.25, -0.2) is 4.98 Å². The van der Waals surface area contributed by atoms with Crippen LogP contribution in [-0.4, -0.2) is 36.7 Å². The number of fused-ring (bicyclic) bond motifs is 1. The van der Waals surface area contributed by atoms with Gasteiger partial charge >= 0.3 is 0 Å². The van der Waals surface area contributed by atoms with E-state index in [4.69, 9.17) is 4.98 Å². The monoisotopic (exact) mass is 459 g/mol. The number of carbonyl (C=O) groups is 1. The molecule has 3 heterocycles. The Kier molecular flexibility index (Phi) is 6.55. The lowest BCUT2D eigenvalue weighted by Crippen LogP contribution is -2.27. The highest BCUT2D eigenvalue weighted by molar-refractivity contribution is 8.00. The zero-order valence-electron chi connectivity index (χ0n) is 16.6. The summed E-state index contributed by atoms with van der Waals surface area (Å²) in [6.45, 7) is 4.46. The Hall–Kier alpha value is -2.17. The maximum atomic E-state index is 13.2. The molecule has 10 heteroatoms. The first-order valence-corrected chi connectivity index (χ1v) is 12.2. The Bertz CT molecular complexity index is 1110. The number of nitrogens with zero attached hydrogens (tertiary/aromatic N) is 4. The van der Waals surface area contributed by atoms with Crippen molar-refractivity contribution in [2.45, 2.75) is 48.5 Å². The topological polar surface area (TPSA) is 89.8 Å². The molecule has 7 nitrogen and oxygen atoms in total. The maximum Gasteiger partial charge on any atom is 0.268 e. The van der Waals surface area contributed by atoms with Crippen LogP contribution in [0.4, 0.5) is 5.13 Å². The van der Waals surface area contributed by atoms with E-state index >= 15 is 0 Å². The summed E-state index contributed by atoms with van der Waals surface area (Å²) in [5.41, 5.74) is 2.00. The fraction of sp³-hybridized carbons (Fsp3) is 0.350. The van der Waals surface area contributed by atoms with Gasteiger partial charge in [-0.15, -0.1) is 22.0 Å². The van der Waals surface area contributed by atoms with Gasteiger partial charge in [0.25, 0.3) is 5.56 Å². The number of thioether (sulfide) groups is 2. The second kappa shape index (κ2) is 9.32. The Balaban J connectivity index is 1.53. The quantitative estimate of drug-likeness (QED) is 0.428. The van der Waals surface area contributed by atoms with Crippen molar-refractivity contribution in [2.24, 2.45) is 0 Å². The van der Waals surface area contributed by atoms with Crippen LogP contribution in [0.25, 0.3) is 0 Å². The molecule has 0 spiro atoms. The van der Waals surface area contributed by atoms with Crippen LogP contribution in [0.1, 0.15) is 23.2 Å². The standard InChI is InChI=1S/C20H21N5O2S3/c1-12-10-15-17(29-12)18(27)25(9-8-14-6-4-3-5-7-14)20(21-15)28-11-16(26)22-19-24-23-13(2)30-19/h3-7,12H,8-11H2,1-2H3,(H,22,24,26)/t12-/m0/s1. The average molecular weight is 460 g/mol. The molecule has 2 aromatic heterocycles. The van der Waals surface area contributed by atoms with E-state index in [1.54, 1.807) is 16.3 Å². The molecule has 4 rings (SSSR count). The third kappa shape index (κ3) is 4.93. The second-order valence-corrected chi connectivity index (χ2v) is 10.5. The molecule has 30 heavy (non-hydrogen) atoms. The molecule has 0 aliphatic carbocycles. The van der Waals surface area contributed by atoms with E-state index in [-0.39, 0.29) is 17.2 Å². The van der Waals surface area contributed by atoms with Crippen LogP contribution in [0.15, 0.2) is 45.2 Å². The van der Waals surface area contributed by atoms with Crippen molar-refractivity contribution in [3.8, 4) is 0 Å². The lowest BCUT2D eigenvalue weighted by atomic mass is 10.1. The molecule has 0 saturated heterocycles. The average Bonchev–Trinajstić information content (AvgIpc) is 3.31. The number of aryl methyl sites for hydroxylation is 2. The zero-order chi connectivity index (χ0) is 21.1. The summed E-state index contributed by atoms with van der Waals surface area (Å²) in [6.07, 6.45) is 1.50. The summed E-state index contributed by atoms with van der Waals surface area (Å²) in [5.74, 6) is -0.0408. The minimum Gasteiger partial charge on any atom is -0.300 e. The molecule has 3 aromatic rings. The number of rotatable bonds is 7. The SMILES string of the molecule is Cc1nnc(NC(=O)CSc2nc3c(c(=O)n2CCc2ccccc2)S[C@@H](C)C3)s1. The fourth-order valence-electron chi connectivity index (χ4n) is 3.16. The Morgan fingerprint density at radius 2 is 2.10 bits per heavy atom. The van der Waals surface area contributed by atoms with E-state index in [0.717, 1.165) is 34.0 Å². The first-order chi connectivity index (χ1) is 14.5. The van der Waals surface area contributed by atoms with Crippen molar-refractivity contribution in [3.63, 3.8) is 0 Å². The first kappa shape index (κ1) is 21.1. The summed E-state index contributed by atoms with van der Waals surface area (Å²) in [4.78, 5) is 31.0. The van der Waals surface area contributed by atoms with E-state index in [0.29, 0.717) is 22.1 Å². The highest BCUT2D eigenvalue weighted by atomic mass is 32.2. The molecule has 1 atom stereocenters. The molecular formula is C20H21N5O2S3. The van der Waals surface area contributed by atoms with Crippen LogP contribution < -0.4 is 10.9 Å². The van der Waals surface area contributed by atoms with E-state index in [1.807, 2.05) is 37.3 Å². The molecule has 0 saturated carbocycles.